The maximum Gasteiger partial charge on any atom is 0.328 e. The first-order valence-electron chi connectivity index (χ1n) is 5.76. The van der Waals surface area contributed by atoms with Crippen LogP contribution in [0.2, 0.25) is 0 Å². The molecule has 1 aliphatic rings. The van der Waals surface area contributed by atoms with Gasteiger partial charge >= 0.3 is 12.0 Å². The smallest absolute Gasteiger partial charge is 0.328 e. The lowest BCUT2D eigenvalue weighted by molar-refractivity contribution is -0.142. The Morgan fingerprint density at radius 2 is 2.28 bits per heavy atom. The first kappa shape index (κ1) is 14.2. The number of hydrogen-bond donors (Lipinski definition) is 3. The summed E-state index contributed by atoms with van der Waals surface area (Å²) in [6.45, 7) is 1.91. The summed E-state index contributed by atoms with van der Waals surface area (Å²) in [4.78, 5) is 21.6. The van der Waals surface area contributed by atoms with Crippen molar-refractivity contribution in [2.24, 2.45) is 5.73 Å². The molecule has 2 amide bonds. The topological polar surface area (TPSA) is 102 Å². The summed E-state index contributed by atoms with van der Waals surface area (Å²) in [5, 5.41) is 11.1. The van der Waals surface area contributed by atoms with Gasteiger partial charge < -0.3 is 20.9 Å². The number of rotatable bonds is 6. The minimum Gasteiger partial charge on any atom is -0.480 e. The van der Waals surface area contributed by atoms with Crippen LogP contribution in [0.25, 0.3) is 0 Å². The number of urea groups is 1. The number of allylic oxidation sites excluding steroid dienone is 2. The molecular formula is C12H18N2O4. The van der Waals surface area contributed by atoms with Crippen LogP contribution in [0, 0.1) is 0 Å². The van der Waals surface area contributed by atoms with Crippen molar-refractivity contribution in [1.29, 1.82) is 0 Å². The molecule has 0 aromatic rings. The highest BCUT2D eigenvalue weighted by atomic mass is 16.5. The van der Waals surface area contributed by atoms with Crippen LogP contribution >= 0.6 is 0 Å². The zero-order chi connectivity index (χ0) is 13.5. The van der Waals surface area contributed by atoms with E-state index in [0.717, 1.165) is 18.4 Å². The van der Waals surface area contributed by atoms with E-state index in [1.807, 2.05) is 18.2 Å². The number of carbonyl (C=O) groups is 2. The molecule has 0 aromatic heterocycles. The standard InChI is InChI=1S/C12H18N2O4/c1-8(10(11(15)16)14-12(13)17)18-7-9-5-3-2-4-6-9/h3,5-6,8,10H,2,4,7H2,1H3,(H,15,16)(H3,13,14,17). The van der Waals surface area contributed by atoms with Crippen molar-refractivity contribution in [2.45, 2.75) is 31.9 Å². The van der Waals surface area contributed by atoms with E-state index >= 15 is 0 Å². The number of nitrogens with one attached hydrogen (secondary N) is 1. The minimum absolute atomic E-state index is 0.321. The lowest BCUT2D eigenvalue weighted by Crippen LogP contribution is -2.50. The quantitative estimate of drug-likeness (QED) is 0.652. The van der Waals surface area contributed by atoms with Crippen LogP contribution in [0.15, 0.2) is 23.8 Å². The minimum atomic E-state index is -1.17. The maximum atomic E-state index is 10.9. The molecule has 100 valence electrons. The van der Waals surface area contributed by atoms with Crippen LogP contribution in [0.4, 0.5) is 4.79 Å². The number of hydrogen-bond acceptors (Lipinski definition) is 3. The van der Waals surface area contributed by atoms with Gasteiger partial charge in [-0.25, -0.2) is 9.59 Å². The summed E-state index contributed by atoms with van der Waals surface area (Å²) in [5.74, 6) is -1.17. The molecule has 0 radical (unpaired) electrons. The van der Waals surface area contributed by atoms with E-state index in [4.69, 9.17) is 15.6 Å². The number of carboxylic acids is 1. The van der Waals surface area contributed by atoms with Gasteiger partial charge in [0.05, 0.1) is 12.7 Å². The Hall–Kier alpha value is -1.82. The molecule has 0 bridgehead atoms. The van der Waals surface area contributed by atoms with E-state index in [-0.39, 0.29) is 0 Å². The Labute approximate surface area is 105 Å². The molecule has 0 heterocycles. The van der Waals surface area contributed by atoms with Crippen molar-refractivity contribution in [3.8, 4) is 0 Å². The summed E-state index contributed by atoms with van der Waals surface area (Å²) in [5.41, 5.74) is 5.93. The number of amides is 2. The second-order valence-electron chi connectivity index (χ2n) is 4.10. The van der Waals surface area contributed by atoms with Crippen LogP contribution in [-0.4, -0.2) is 35.9 Å². The highest BCUT2D eigenvalue weighted by Crippen LogP contribution is 2.11. The van der Waals surface area contributed by atoms with Gasteiger partial charge in [0.25, 0.3) is 0 Å². The summed E-state index contributed by atoms with van der Waals surface area (Å²) in [6, 6.07) is -2.02. The third-order valence-electron chi connectivity index (χ3n) is 2.62. The van der Waals surface area contributed by atoms with Crippen molar-refractivity contribution < 1.29 is 19.4 Å². The Bertz CT molecular complexity index is 376. The summed E-state index contributed by atoms with van der Waals surface area (Å²) >= 11 is 0. The van der Waals surface area contributed by atoms with E-state index in [9.17, 15) is 9.59 Å². The van der Waals surface area contributed by atoms with Crippen molar-refractivity contribution >= 4 is 12.0 Å². The van der Waals surface area contributed by atoms with E-state index in [1.165, 1.54) is 0 Å². The molecule has 4 N–H and O–H groups in total. The Morgan fingerprint density at radius 1 is 1.56 bits per heavy atom. The SMILES string of the molecule is CC(OCC1=CCCC=C1)C(NC(N)=O)C(=O)O. The van der Waals surface area contributed by atoms with E-state index in [0.29, 0.717) is 6.61 Å². The predicted octanol–water partition coefficient (Wildman–Crippen LogP) is 0.789. The summed E-state index contributed by atoms with van der Waals surface area (Å²) in [7, 11) is 0. The fourth-order valence-electron chi connectivity index (χ4n) is 1.63. The van der Waals surface area contributed by atoms with Crippen LogP contribution in [0.3, 0.4) is 0 Å². The molecule has 6 nitrogen and oxygen atoms in total. The zero-order valence-corrected chi connectivity index (χ0v) is 10.3. The fourth-order valence-corrected chi connectivity index (χ4v) is 1.63. The molecule has 2 atom stereocenters. The second kappa shape index (κ2) is 6.80. The number of ether oxygens (including phenoxy) is 1. The molecule has 0 spiro atoms. The number of carboxylic acid groups (broad SMARTS) is 1. The fraction of sp³-hybridized carbons (Fsp3) is 0.500. The van der Waals surface area contributed by atoms with Gasteiger partial charge in [-0.05, 0) is 25.3 Å². The third-order valence-corrected chi connectivity index (χ3v) is 2.62. The summed E-state index contributed by atoms with van der Waals surface area (Å²) < 4.78 is 5.44. The average molecular weight is 254 g/mol. The van der Waals surface area contributed by atoms with Gasteiger partial charge in [-0.2, -0.15) is 0 Å². The second-order valence-corrected chi connectivity index (χ2v) is 4.10. The first-order valence-corrected chi connectivity index (χ1v) is 5.76. The number of nitrogens with two attached hydrogens (primary N) is 1. The molecule has 6 heteroatoms. The molecule has 18 heavy (non-hydrogen) atoms. The summed E-state index contributed by atoms with van der Waals surface area (Å²) in [6.07, 6.45) is 7.36. The highest BCUT2D eigenvalue weighted by Gasteiger charge is 2.26. The molecule has 2 unspecified atom stereocenters. The average Bonchev–Trinajstić information content (AvgIpc) is 2.34. The predicted molar refractivity (Wildman–Crippen MR) is 66.0 cm³/mol. The monoisotopic (exact) mass is 254 g/mol. The number of primary amides is 1. The van der Waals surface area contributed by atoms with Gasteiger partial charge in [0.1, 0.15) is 0 Å². The molecule has 1 aliphatic carbocycles. The Balaban J connectivity index is 2.48. The van der Waals surface area contributed by atoms with Gasteiger partial charge in [0, 0.05) is 0 Å². The van der Waals surface area contributed by atoms with Crippen molar-refractivity contribution in [3.05, 3.63) is 23.8 Å². The van der Waals surface area contributed by atoms with E-state index in [1.54, 1.807) is 6.92 Å². The molecule has 0 fully saturated rings. The Morgan fingerprint density at radius 3 is 2.78 bits per heavy atom. The lowest BCUT2D eigenvalue weighted by atomic mass is 10.1. The number of carbonyl (C=O) groups excluding carboxylic acids is 1. The first-order chi connectivity index (χ1) is 8.50. The molecular weight excluding hydrogens is 236 g/mol. The van der Waals surface area contributed by atoms with Crippen molar-refractivity contribution in [3.63, 3.8) is 0 Å². The number of aliphatic carboxylic acids is 1. The van der Waals surface area contributed by atoms with Crippen LogP contribution in [0.5, 0.6) is 0 Å². The zero-order valence-electron chi connectivity index (χ0n) is 10.3. The maximum absolute atomic E-state index is 10.9. The molecule has 0 aliphatic heterocycles. The van der Waals surface area contributed by atoms with Crippen molar-refractivity contribution in [1.82, 2.24) is 5.32 Å². The van der Waals surface area contributed by atoms with Gasteiger partial charge in [-0.15, -0.1) is 0 Å². The van der Waals surface area contributed by atoms with E-state index in [2.05, 4.69) is 5.32 Å². The van der Waals surface area contributed by atoms with Crippen LogP contribution in [-0.2, 0) is 9.53 Å². The third kappa shape index (κ3) is 4.58. The van der Waals surface area contributed by atoms with Gasteiger partial charge in [-0.1, -0.05) is 18.2 Å². The van der Waals surface area contributed by atoms with Gasteiger partial charge in [-0.3, -0.25) is 0 Å². The van der Waals surface area contributed by atoms with Gasteiger partial charge in [0.2, 0.25) is 0 Å². The van der Waals surface area contributed by atoms with Crippen LogP contribution < -0.4 is 11.1 Å². The largest absolute Gasteiger partial charge is 0.480 e. The van der Waals surface area contributed by atoms with E-state index < -0.39 is 24.1 Å². The highest BCUT2D eigenvalue weighted by molar-refractivity contribution is 5.82. The molecule has 1 rings (SSSR count). The normalized spacial score (nSPS) is 17.7. The Kier molecular flexibility index (Phi) is 5.38. The van der Waals surface area contributed by atoms with Crippen LogP contribution in [0.1, 0.15) is 19.8 Å². The lowest BCUT2D eigenvalue weighted by Gasteiger charge is -2.21. The van der Waals surface area contributed by atoms with Crippen molar-refractivity contribution in [2.75, 3.05) is 6.61 Å². The van der Waals surface area contributed by atoms with Gasteiger partial charge in [0.15, 0.2) is 6.04 Å². The molecule has 0 saturated heterocycles. The molecule has 0 aromatic carbocycles. The molecule has 0 saturated carbocycles.